The molecule has 1 heterocycles. The van der Waals surface area contributed by atoms with Gasteiger partial charge in [-0.05, 0) is 59.8 Å². The van der Waals surface area contributed by atoms with Gasteiger partial charge in [0.05, 0.1) is 0 Å². The SMILES string of the molecule is CC(C)(C)[C@H](NC(=O)NC1(C(=O)NCc2ccccc2)CCCCC1)C(=O)N1C[C@H]2[C@@H]([C@H]1C(=O)NC(C(=O)C(N)=O)C1CC1)C2(C)C. The van der Waals surface area contributed by atoms with Gasteiger partial charge >= 0.3 is 6.03 Å². The normalized spacial score (nSPS) is 25.4. The highest BCUT2D eigenvalue weighted by Gasteiger charge is 2.70. The van der Waals surface area contributed by atoms with Crippen molar-refractivity contribution in [3.05, 3.63) is 35.9 Å². The highest BCUT2D eigenvalue weighted by molar-refractivity contribution is 6.38. The fraction of sp³-hybridized carbons (Fsp3) is 0.657. The first-order chi connectivity index (χ1) is 22.1. The number of fused-ring (bicyclic) bond motifs is 1. The van der Waals surface area contributed by atoms with E-state index in [9.17, 15) is 28.8 Å². The van der Waals surface area contributed by atoms with Crippen LogP contribution in [0.5, 0.6) is 0 Å². The topological polar surface area (TPSA) is 180 Å². The van der Waals surface area contributed by atoms with Gasteiger partial charge in [-0.3, -0.25) is 24.0 Å². The second kappa shape index (κ2) is 12.9. The third-order valence-electron chi connectivity index (χ3n) is 10.9. The summed E-state index contributed by atoms with van der Waals surface area (Å²) in [5.74, 6) is -3.31. The Balaban J connectivity index is 1.32. The summed E-state index contributed by atoms with van der Waals surface area (Å²) < 4.78 is 0. The molecule has 1 unspecified atom stereocenters. The van der Waals surface area contributed by atoms with Gasteiger partial charge in [0, 0.05) is 13.1 Å². The Hall–Kier alpha value is -3.96. The molecule has 6 amide bonds. The number of urea groups is 1. The smallest absolute Gasteiger partial charge is 0.316 e. The van der Waals surface area contributed by atoms with Gasteiger partial charge in [0.25, 0.3) is 5.91 Å². The molecule has 47 heavy (non-hydrogen) atoms. The minimum absolute atomic E-state index is 0.0710. The minimum Gasteiger partial charge on any atom is -0.363 e. The predicted molar refractivity (Wildman–Crippen MR) is 174 cm³/mol. The van der Waals surface area contributed by atoms with Crippen molar-refractivity contribution >= 4 is 35.4 Å². The van der Waals surface area contributed by atoms with Crippen LogP contribution < -0.4 is 27.0 Å². The fourth-order valence-corrected chi connectivity index (χ4v) is 7.74. The molecule has 5 rings (SSSR count). The van der Waals surface area contributed by atoms with Crippen LogP contribution in [0.4, 0.5) is 4.79 Å². The Morgan fingerprint density at radius 3 is 2.17 bits per heavy atom. The van der Waals surface area contributed by atoms with E-state index in [4.69, 9.17) is 5.73 Å². The molecule has 0 bridgehead atoms. The number of nitrogens with one attached hydrogen (secondary N) is 4. The Kier molecular flexibility index (Phi) is 9.45. The highest BCUT2D eigenvalue weighted by atomic mass is 16.2. The molecule has 1 aromatic carbocycles. The monoisotopic (exact) mass is 650 g/mol. The van der Waals surface area contributed by atoms with Crippen LogP contribution in [0.2, 0.25) is 0 Å². The molecule has 256 valence electrons. The standard InChI is InChI=1S/C35H50N6O6/c1-33(2,3)27(39-32(47)40-35(16-10-7-11-17-35)31(46)37-18-20-12-8-6-9-13-20)30(45)41-19-22-23(34(22,4)5)25(41)29(44)38-24(21-14-15-21)26(42)28(36)43/h6,8-9,12-13,21-25,27H,7,10-11,14-19H2,1-5H3,(H2,36,43)(H,37,46)(H,38,44)(H2,39,40,47)/t22-,23-,24?,25-,27+/m0/s1. The van der Waals surface area contributed by atoms with Crippen LogP contribution in [-0.2, 0) is 30.5 Å². The van der Waals surface area contributed by atoms with Crippen LogP contribution >= 0.6 is 0 Å². The maximum absolute atomic E-state index is 14.3. The van der Waals surface area contributed by atoms with Crippen molar-refractivity contribution in [3.8, 4) is 0 Å². The number of ketones is 1. The number of carbonyl (C=O) groups is 6. The molecule has 3 aliphatic carbocycles. The molecule has 0 spiro atoms. The lowest BCUT2D eigenvalue weighted by Crippen LogP contribution is -2.65. The first-order valence-electron chi connectivity index (χ1n) is 16.9. The number of carbonyl (C=O) groups excluding carboxylic acids is 6. The zero-order valence-electron chi connectivity index (χ0n) is 28.2. The van der Waals surface area contributed by atoms with E-state index in [1.807, 2.05) is 51.1 Å². The van der Waals surface area contributed by atoms with Crippen molar-refractivity contribution in [1.29, 1.82) is 0 Å². The number of nitrogens with two attached hydrogens (primary N) is 1. The lowest BCUT2D eigenvalue weighted by molar-refractivity contribution is -0.145. The minimum atomic E-state index is -1.12. The fourth-order valence-electron chi connectivity index (χ4n) is 7.74. The second-order valence-electron chi connectivity index (χ2n) is 15.6. The first-order valence-corrected chi connectivity index (χ1v) is 16.9. The quantitative estimate of drug-likeness (QED) is 0.229. The summed E-state index contributed by atoms with van der Waals surface area (Å²) in [5, 5.41) is 11.6. The van der Waals surface area contributed by atoms with Gasteiger partial charge in [0.2, 0.25) is 23.5 Å². The van der Waals surface area contributed by atoms with E-state index < -0.39 is 58.6 Å². The molecule has 1 aliphatic heterocycles. The third-order valence-corrected chi connectivity index (χ3v) is 10.9. The summed E-state index contributed by atoms with van der Waals surface area (Å²) in [7, 11) is 0. The van der Waals surface area contributed by atoms with E-state index in [2.05, 4.69) is 35.1 Å². The summed E-state index contributed by atoms with van der Waals surface area (Å²) in [6.45, 7) is 10.3. The van der Waals surface area contributed by atoms with Crippen molar-refractivity contribution in [1.82, 2.24) is 26.2 Å². The van der Waals surface area contributed by atoms with E-state index in [1.165, 1.54) is 4.90 Å². The van der Waals surface area contributed by atoms with E-state index >= 15 is 0 Å². The van der Waals surface area contributed by atoms with Gasteiger partial charge in [-0.2, -0.15) is 0 Å². The van der Waals surface area contributed by atoms with Crippen LogP contribution in [0.3, 0.4) is 0 Å². The van der Waals surface area contributed by atoms with E-state index in [-0.39, 0.29) is 29.1 Å². The number of piperidine rings is 1. The lowest BCUT2D eigenvalue weighted by Gasteiger charge is -2.40. The molecule has 1 aromatic rings. The van der Waals surface area contributed by atoms with Crippen molar-refractivity contribution in [2.75, 3.05) is 6.54 Å². The summed E-state index contributed by atoms with van der Waals surface area (Å²) in [6.07, 6.45) is 4.89. The van der Waals surface area contributed by atoms with Crippen molar-refractivity contribution in [2.45, 2.75) is 110 Å². The van der Waals surface area contributed by atoms with E-state index in [1.54, 1.807) is 0 Å². The van der Waals surface area contributed by atoms with Gasteiger partial charge in [0.1, 0.15) is 23.7 Å². The van der Waals surface area contributed by atoms with Gasteiger partial charge in [-0.25, -0.2) is 4.79 Å². The molecule has 4 fully saturated rings. The van der Waals surface area contributed by atoms with Crippen LogP contribution in [0.1, 0.15) is 85.1 Å². The molecule has 4 aliphatic rings. The summed E-state index contributed by atoms with van der Waals surface area (Å²) in [4.78, 5) is 81.3. The second-order valence-corrected chi connectivity index (χ2v) is 15.6. The number of amides is 6. The van der Waals surface area contributed by atoms with Crippen LogP contribution in [0.15, 0.2) is 30.3 Å². The molecule has 0 aromatic heterocycles. The highest BCUT2D eigenvalue weighted by Crippen LogP contribution is 2.65. The molecule has 0 radical (unpaired) electrons. The summed E-state index contributed by atoms with van der Waals surface area (Å²) in [6, 6.07) is 6.03. The number of primary amides is 1. The van der Waals surface area contributed by atoms with Crippen LogP contribution in [-0.4, -0.2) is 70.6 Å². The number of Topliss-reactive ketones (excluding diaryl/α,β-unsaturated/α-hetero) is 1. The molecule has 5 atom stereocenters. The Bertz CT molecular complexity index is 1410. The van der Waals surface area contributed by atoms with Crippen molar-refractivity contribution in [2.24, 2.45) is 34.3 Å². The zero-order valence-corrected chi connectivity index (χ0v) is 28.2. The van der Waals surface area contributed by atoms with Gasteiger partial charge < -0.3 is 31.9 Å². The Morgan fingerprint density at radius 1 is 0.957 bits per heavy atom. The zero-order chi connectivity index (χ0) is 34.3. The molecular formula is C35H50N6O6. The van der Waals surface area contributed by atoms with Crippen LogP contribution in [0, 0.1) is 28.6 Å². The number of benzene rings is 1. The maximum atomic E-state index is 14.3. The maximum Gasteiger partial charge on any atom is 0.316 e. The Labute approximate surface area is 276 Å². The van der Waals surface area contributed by atoms with Crippen molar-refractivity contribution < 1.29 is 28.8 Å². The number of nitrogens with zero attached hydrogens (tertiary/aromatic N) is 1. The number of hydrogen-bond donors (Lipinski definition) is 5. The lowest BCUT2D eigenvalue weighted by atomic mass is 9.80. The van der Waals surface area contributed by atoms with Gasteiger partial charge in [-0.15, -0.1) is 0 Å². The molecule has 12 heteroatoms. The number of rotatable bonds is 11. The summed E-state index contributed by atoms with van der Waals surface area (Å²) >= 11 is 0. The van der Waals surface area contributed by atoms with Gasteiger partial charge in [-0.1, -0.05) is 84.2 Å². The largest absolute Gasteiger partial charge is 0.363 e. The number of hydrogen-bond acceptors (Lipinski definition) is 6. The van der Waals surface area contributed by atoms with Crippen LogP contribution in [0.25, 0.3) is 0 Å². The molecule has 12 nitrogen and oxygen atoms in total. The predicted octanol–water partition coefficient (Wildman–Crippen LogP) is 2.15. The molecule has 6 N–H and O–H groups in total. The van der Waals surface area contributed by atoms with Gasteiger partial charge in [0.15, 0.2) is 0 Å². The number of likely N-dealkylation sites (tertiary alicyclic amines) is 1. The van der Waals surface area contributed by atoms with E-state index in [0.29, 0.717) is 38.8 Å². The molecular weight excluding hydrogens is 600 g/mol. The average Bonchev–Trinajstić information content (AvgIpc) is 3.90. The molecule has 3 saturated carbocycles. The average molecular weight is 651 g/mol. The Morgan fingerprint density at radius 2 is 1.60 bits per heavy atom. The van der Waals surface area contributed by atoms with E-state index in [0.717, 1.165) is 24.8 Å². The van der Waals surface area contributed by atoms with Crippen molar-refractivity contribution in [3.63, 3.8) is 0 Å². The third kappa shape index (κ3) is 7.16. The first kappa shape index (κ1) is 34.4. The molecule has 1 saturated heterocycles. The summed E-state index contributed by atoms with van der Waals surface area (Å²) in [5.41, 5.74) is 4.18.